The third-order valence-corrected chi connectivity index (χ3v) is 3.45. The summed E-state index contributed by atoms with van der Waals surface area (Å²) in [6.07, 6.45) is 0.497. The molecule has 6 heteroatoms. The van der Waals surface area contributed by atoms with Crippen molar-refractivity contribution >= 4 is 6.09 Å². The van der Waals surface area contributed by atoms with Gasteiger partial charge in [-0.15, -0.1) is 0 Å². The van der Waals surface area contributed by atoms with E-state index in [1.54, 1.807) is 0 Å². The Kier molecular flexibility index (Phi) is 5.83. The van der Waals surface area contributed by atoms with E-state index in [9.17, 15) is 4.79 Å². The van der Waals surface area contributed by atoms with E-state index >= 15 is 0 Å². The van der Waals surface area contributed by atoms with Gasteiger partial charge < -0.3 is 25.2 Å². The van der Waals surface area contributed by atoms with Crippen molar-refractivity contribution in [3.63, 3.8) is 0 Å². The Hall–Kier alpha value is -1.79. The summed E-state index contributed by atoms with van der Waals surface area (Å²) in [6.45, 7) is 1.91. The summed E-state index contributed by atoms with van der Waals surface area (Å²) < 4.78 is 11.1. The number of rotatable bonds is 7. The zero-order valence-electron chi connectivity index (χ0n) is 12.0. The summed E-state index contributed by atoms with van der Waals surface area (Å²) in [6, 6.07) is 9.39. The van der Waals surface area contributed by atoms with Crippen LogP contribution >= 0.6 is 0 Å². The maximum absolute atomic E-state index is 11.0. The molecule has 0 spiro atoms. The highest BCUT2D eigenvalue weighted by atomic mass is 16.5. The molecule has 0 bridgehead atoms. The van der Waals surface area contributed by atoms with Crippen molar-refractivity contribution in [2.75, 3.05) is 26.4 Å². The fourth-order valence-electron chi connectivity index (χ4n) is 2.43. The van der Waals surface area contributed by atoms with Gasteiger partial charge in [-0.2, -0.15) is 0 Å². The summed E-state index contributed by atoms with van der Waals surface area (Å²) in [5.74, 6) is 0.844. The number of hydrogen-bond donors (Lipinski definition) is 2. The number of carbonyl (C=O) groups is 1. The van der Waals surface area contributed by atoms with E-state index in [2.05, 4.69) is 0 Å². The minimum absolute atomic E-state index is 0.0869. The lowest BCUT2D eigenvalue weighted by Gasteiger charge is -2.21. The van der Waals surface area contributed by atoms with Crippen molar-refractivity contribution in [1.82, 2.24) is 4.90 Å². The van der Waals surface area contributed by atoms with Gasteiger partial charge in [-0.05, 0) is 18.6 Å². The van der Waals surface area contributed by atoms with Crippen molar-refractivity contribution < 1.29 is 19.4 Å². The van der Waals surface area contributed by atoms with Crippen molar-refractivity contribution in [3.8, 4) is 5.75 Å². The second-order valence-corrected chi connectivity index (χ2v) is 5.17. The van der Waals surface area contributed by atoms with Crippen LogP contribution in [0.1, 0.15) is 12.8 Å². The summed E-state index contributed by atoms with van der Waals surface area (Å²) >= 11 is 0. The number of ether oxygens (including phenoxy) is 2. The average molecular weight is 294 g/mol. The highest BCUT2D eigenvalue weighted by molar-refractivity contribution is 5.66. The van der Waals surface area contributed by atoms with E-state index in [1.807, 2.05) is 30.3 Å². The van der Waals surface area contributed by atoms with Gasteiger partial charge in [0, 0.05) is 25.6 Å². The maximum Gasteiger partial charge on any atom is 0.407 e. The molecule has 1 amide bonds. The van der Waals surface area contributed by atoms with Gasteiger partial charge in [0.2, 0.25) is 0 Å². The molecule has 2 rings (SSSR count). The summed E-state index contributed by atoms with van der Waals surface area (Å²) in [5.41, 5.74) is 5.79. The number of amides is 1. The van der Waals surface area contributed by atoms with Crippen LogP contribution in [0.25, 0.3) is 0 Å². The molecule has 0 aromatic heterocycles. The summed E-state index contributed by atoms with van der Waals surface area (Å²) in [5, 5.41) is 9.06. The lowest BCUT2D eigenvalue weighted by atomic mass is 10.2. The predicted molar refractivity (Wildman–Crippen MR) is 78.5 cm³/mol. The molecule has 0 aliphatic carbocycles. The van der Waals surface area contributed by atoms with E-state index in [0.29, 0.717) is 32.8 Å². The van der Waals surface area contributed by atoms with Gasteiger partial charge in [-0.25, -0.2) is 4.79 Å². The van der Waals surface area contributed by atoms with Crippen LogP contribution in [0.15, 0.2) is 30.3 Å². The molecule has 1 heterocycles. The molecule has 0 saturated carbocycles. The minimum atomic E-state index is -0.927. The van der Waals surface area contributed by atoms with E-state index in [1.165, 1.54) is 4.90 Å². The normalized spacial score (nSPS) is 21.5. The van der Waals surface area contributed by atoms with Gasteiger partial charge >= 0.3 is 6.09 Å². The number of nitrogens with two attached hydrogens (primary N) is 1. The molecule has 1 fully saturated rings. The zero-order valence-corrected chi connectivity index (χ0v) is 12.0. The van der Waals surface area contributed by atoms with Crippen LogP contribution in [0.4, 0.5) is 4.79 Å². The van der Waals surface area contributed by atoms with Gasteiger partial charge in [0.1, 0.15) is 5.75 Å². The van der Waals surface area contributed by atoms with Crippen molar-refractivity contribution in [3.05, 3.63) is 30.3 Å². The number of carboxylic acid groups (broad SMARTS) is 1. The largest absolute Gasteiger partial charge is 0.494 e. The third-order valence-electron chi connectivity index (χ3n) is 3.45. The lowest BCUT2D eigenvalue weighted by Crippen LogP contribution is -2.37. The van der Waals surface area contributed by atoms with E-state index in [4.69, 9.17) is 20.3 Å². The van der Waals surface area contributed by atoms with Gasteiger partial charge in [0.05, 0.1) is 19.3 Å². The molecule has 1 aromatic carbocycles. The first-order valence-electron chi connectivity index (χ1n) is 7.17. The highest BCUT2D eigenvalue weighted by Gasteiger charge is 2.33. The standard InChI is InChI=1S/C15H22N2O4/c16-12-9-13(17(10-12)15(18)19)11-20-7-4-8-21-14-5-2-1-3-6-14/h1-3,5-6,12-13H,4,7-11,16H2,(H,18,19)/t12-,13-/m1/s1. The molecule has 6 nitrogen and oxygen atoms in total. The zero-order chi connectivity index (χ0) is 15.1. The first kappa shape index (κ1) is 15.6. The lowest BCUT2D eigenvalue weighted by molar-refractivity contribution is 0.0667. The predicted octanol–water partition coefficient (Wildman–Crippen LogP) is 1.55. The molecule has 1 saturated heterocycles. The first-order chi connectivity index (χ1) is 10.2. The first-order valence-corrected chi connectivity index (χ1v) is 7.17. The Morgan fingerprint density at radius 1 is 1.33 bits per heavy atom. The minimum Gasteiger partial charge on any atom is -0.494 e. The topological polar surface area (TPSA) is 85.0 Å². The SMILES string of the molecule is N[C@@H]1C[C@H](COCCCOc2ccccc2)N(C(=O)O)C1. The Morgan fingerprint density at radius 2 is 2.10 bits per heavy atom. The summed E-state index contributed by atoms with van der Waals surface area (Å²) in [4.78, 5) is 12.4. The van der Waals surface area contributed by atoms with Crippen LogP contribution in [0.3, 0.4) is 0 Å². The Bertz CT molecular complexity index is 441. The van der Waals surface area contributed by atoms with Crippen LogP contribution in [0.2, 0.25) is 0 Å². The molecule has 21 heavy (non-hydrogen) atoms. The maximum atomic E-state index is 11.0. The number of benzene rings is 1. The fraction of sp³-hybridized carbons (Fsp3) is 0.533. The molecular formula is C15H22N2O4. The highest BCUT2D eigenvalue weighted by Crippen LogP contribution is 2.17. The average Bonchev–Trinajstić information content (AvgIpc) is 2.85. The molecule has 3 N–H and O–H groups in total. The Labute approximate surface area is 124 Å². The molecule has 2 atom stereocenters. The Balaban J connectivity index is 1.58. The van der Waals surface area contributed by atoms with E-state index in [-0.39, 0.29) is 12.1 Å². The van der Waals surface area contributed by atoms with Gasteiger partial charge in [-0.3, -0.25) is 0 Å². The molecule has 1 aliphatic rings. The second kappa shape index (κ2) is 7.85. The number of hydrogen-bond acceptors (Lipinski definition) is 4. The summed E-state index contributed by atoms with van der Waals surface area (Å²) in [7, 11) is 0. The number of likely N-dealkylation sites (tertiary alicyclic amines) is 1. The third kappa shape index (κ3) is 4.91. The van der Waals surface area contributed by atoms with Gasteiger partial charge in [0.15, 0.2) is 0 Å². The second-order valence-electron chi connectivity index (χ2n) is 5.17. The smallest absolute Gasteiger partial charge is 0.407 e. The van der Waals surface area contributed by atoms with Crippen molar-refractivity contribution in [2.24, 2.45) is 5.73 Å². The molecule has 0 radical (unpaired) electrons. The van der Waals surface area contributed by atoms with E-state index in [0.717, 1.165) is 12.2 Å². The number of nitrogens with zero attached hydrogens (tertiary/aromatic N) is 1. The molecule has 1 aliphatic heterocycles. The monoisotopic (exact) mass is 294 g/mol. The molecule has 1 aromatic rings. The van der Waals surface area contributed by atoms with Crippen LogP contribution in [0.5, 0.6) is 5.75 Å². The molecule has 0 unspecified atom stereocenters. The molecular weight excluding hydrogens is 272 g/mol. The van der Waals surface area contributed by atoms with Crippen LogP contribution < -0.4 is 10.5 Å². The molecule has 116 valence electrons. The fourth-order valence-corrected chi connectivity index (χ4v) is 2.43. The van der Waals surface area contributed by atoms with Crippen molar-refractivity contribution in [1.29, 1.82) is 0 Å². The van der Waals surface area contributed by atoms with Crippen LogP contribution in [-0.2, 0) is 4.74 Å². The van der Waals surface area contributed by atoms with E-state index < -0.39 is 6.09 Å². The van der Waals surface area contributed by atoms with Crippen LogP contribution in [-0.4, -0.2) is 54.5 Å². The van der Waals surface area contributed by atoms with Crippen LogP contribution in [0, 0.1) is 0 Å². The number of para-hydroxylation sites is 1. The Morgan fingerprint density at radius 3 is 2.81 bits per heavy atom. The van der Waals surface area contributed by atoms with Gasteiger partial charge in [-0.1, -0.05) is 18.2 Å². The quantitative estimate of drug-likeness (QED) is 0.745. The van der Waals surface area contributed by atoms with Crippen molar-refractivity contribution in [2.45, 2.75) is 24.9 Å². The van der Waals surface area contributed by atoms with Gasteiger partial charge in [0.25, 0.3) is 0 Å².